The van der Waals surface area contributed by atoms with E-state index in [1.54, 1.807) is 6.26 Å². The van der Waals surface area contributed by atoms with E-state index in [9.17, 15) is 4.21 Å². The normalized spacial score (nSPS) is 13.0. The average molecular weight is 504 g/mol. The molecule has 0 bridgehead atoms. The van der Waals surface area contributed by atoms with E-state index in [4.69, 9.17) is 4.42 Å². The number of hydrogen-bond donors (Lipinski definition) is 2. The summed E-state index contributed by atoms with van der Waals surface area (Å²) >= 11 is 0. The minimum absolute atomic E-state index is 0. The molecule has 0 aliphatic rings. The number of nitrogens with one attached hydrogen (secondary N) is 2. The summed E-state index contributed by atoms with van der Waals surface area (Å²) < 4.78 is 17.4. The SMILES string of the molecule is CCNC(=NCc1coc(-c2ccccc2)n1)NCCS(=O)C(C)(C)C.I. The van der Waals surface area contributed by atoms with Crippen LogP contribution in [0.15, 0.2) is 46.0 Å². The molecule has 0 spiro atoms. The van der Waals surface area contributed by atoms with Crippen molar-refractivity contribution in [2.24, 2.45) is 4.99 Å². The molecule has 150 valence electrons. The molecule has 1 aromatic carbocycles. The first-order valence-electron chi connectivity index (χ1n) is 8.80. The number of nitrogens with zero attached hydrogens (tertiary/aromatic N) is 2. The molecule has 0 saturated carbocycles. The first-order chi connectivity index (χ1) is 12.4. The summed E-state index contributed by atoms with van der Waals surface area (Å²) in [6.07, 6.45) is 1.63. The Bertz CT molecular complexity index is 742. The van der Waals surface area contributed by atoms with Crippen LogP contribution in [0.3, 0.4) is 0 Å². The molecule has 1 atom stereocenters. The van der Waals surface area contributed by atoms with E-state index >= 15 is 0 Å². The highest BCUT2D eigenvalue weighted by Gasteiger charge is 2.18. The van der Waals surface area contributed by atoms with Crippen LogP contribution in [0.2, 0.25) is 0 Å². The molecular weight excluding hydrogens is 475 g/mol. The smallest absolute Gasteiger partial charge is 0.226 e. The van der Waals surface area contributed by atoms with Crippen LogP contribution >= 0.6 is 24.0 Å². The molecule has 0 aliphatic heterocycles. The zero-order valence-electron chi connectivity index (χ0n) is 16.3. The van der Waals surface area contributed by atoms with E-state index in [2.05, 4.69) is 20.6 Å². The van der Waals surface area contributed by atoms with Crippen LogP contribution in [-0.4, -0.2) is 38.7 Å². The summed E-state index contributed by atoms with van der Waals surface area (Å²) in [6.45, 7) is 9.72. The second-order valence-corrected chi connectivity index (χ2v) is 9.12. The summed E-state index contributed by atoms with van der Waals surface area (Å²) in [6, 6.07) is 9.77. The van der Waals surface area contributed by atoms with Gasteiger partial charge >= 0.3 is 0 Å². The van der Waals surface area contributed by atoms with Crippen molar-refractivity contribution in [2.75, 3.05) is 18.8 Å². The number of guanidine groups is 1. The molecule has 1 aromatic heterocycles. The molecule has 27 heavy (non-hydrogen) atoms. The number of aromatic nitrogens is 1. The van der Waals surface area contributed by atoms with E-state index in [1.807, 2.05) is 58.0 Å². The second-order valence-electron chi connectivity index (χ2n) is 6.79. The molecule has 8 heteroatoms. The highest BCUT2D eigenvalue weighted by Crippen LogP contribution is 2.18. The predicted octanol–water partition coefficient (Wildman–Crippen LogP) is 3.56. The first-order valence-corrected chi connectivity index (χ1v) is 10.1. The zero-order chi connectivity index (χ0) is 19.0. The van der Waals surface area contributed by atoms with Gasteiger partial charge in [0, 0.05) is 40.0 Å². The van der Waals surface area contributed by atoms with Crippen LogP contribution in [0.1, 0.15) is 33.4 Å². The molecule has 0 saturated heterocycles. The van der Waals surface area contributed by atoms with Crippen LogP contribution < -0.4 is 10.6 Å². The molecule has 0 fully saturated rings. The average Bonchev–Trinajstić information content (AvgIpc) is 3.08. The quantitative estimate of drug-likeness (QED) is 0.343. The Labute approximate surface area is 181 Å². The lowest BCUT2D eigenvalue weighted by Gasteiger charge is -2.18. The van der Waals surface area contributed by atoms with Crippen LogP contribution in [0, 0.1) is 0 Å². The van der Waals surface area contributed by atoms with Crippen LogP contribution in [0.4, 0.5) is 0 Å². The number of rotatable bonds is 7. The fourth-order valence-electron chi connectivity index (χ4n) is 2.16. The van der Waals surface area contributed by atoms with Crippen molar-refractivity contribution in [3.05, 3.63) is 42.3 Å². The van der Waals surface area contributed by atoms with E-state index in [0.717, 1.165) is 17.8 Å². The first kappa shape index (κ1) is 23.6. The zero-order valence-corrected chi connectivity index (χ0v) is 19.5. The van der Waals surface area contributed by atoms with Crippen molar-refractivity contribution in [3.8, 4) is 11.5 Å². The Hall–Kier alpha value is -1.42. The molecule has 0 aliphatic carbocycles. The minimum Gasteiger partial charge on any atom is -0.444 e. The number of oxazole rings is 1. The number of hydrogen-bond acceptors (Lipinski definition) is 4. The van der Waals surface area contributed by atoms with Gasteiger partial charge in [0.15, 0.2) is 5.96 Å². The van der Waals surface area contributed by atoms with Crippen molar-refractivity contribution in [1.29, 1.82) is 0 Å². The van der Waals surface area contributed by atoms with Gasteiger partial charge < -0.3 is 15.1 Å². The van der Waals surface area contributed by atoms with Crippen LogP contribution in [0.5, 0.6) is 0 Å². The largest absolute Gasteiger partial charge is 0.444 e. The topological polar surface area (TPSA) is 79.5 Å². The molecule has 6 nitrogen and oxygen atoms in total. The third kappa shape index (κ3) is 8.00. The van der Waals surface area contributed by atoms with Gasteiger partial charge in [-0.25, -0.2) is 9.98 Å². The molecule has 2 N–H and O–H groups in total. The summed E-state index contributed by atoms with van der Waals surface area (Å²) in [5.41, 5.74) is 1.71. The Balaban J connectivity index is 0.00000364. The van der Waals surface area contributed by atoms with Gasteiger partial charge in [0.05, 0.1) is 6.54 Å². The van der Waals surface area contributed by atoms with Crippen molar-refractivity contribution >= 4 is 40.7 Å². The Morgan fingerprint density at radius 2 is 1.93 bits per heavy atom. The summed E-state index contributed by atoms with van der Waals surface area (Å²) in [4.78, 5) is 9.00. The van der Waals surface area contributed by atoms with E-state index in [-0.39, 0.29) is 28.7 Å². The van der Waals surface area contributed by atoms with Gasteiger partial charge in [0.25, 0.3) is 0 Å². The molecule has 2 rings (SSSR count). The Morgan fingerprint density at radius 1 is 1.22 bits per heavy atom. The van der Waals surface area contributed by atoms with Crippen molar-refractivity contribution in [2.45, 2.75) is 39.0 Å². The monoisotopic (exact) mass is 504 g/mol. The predicted molar refractivity (Wildman–Crippen MR) is 123 cm³/mol. The van der Waals surface area contributed by atoms with Gasteiger partial charge in [0.1, 0.15) is 12.0 Å². The fourth-order valence-corrected chi connectivity index (χ4v) is 3.06. The molecule has 1 unspecified atom stereocenters. The number of benzene rings is 1. The van der Waals surface area contributed by atoms with Gasteiger partial charge in [-0.05, 0) is 39.8 Å². The molecular formula is C19H29IN4O2S. The molecule has 2 aromatic rings. The Kier molecular flexibility index (Phi) is 10.00. The van der Waals surface area contributed by atoms with E-state index in [1.165, 1.54) is 0 Å². The van der Waals surface area contributed by atoms with E-state index in [0.29, 0.717) is 30.7 Å². The molecule has 0 radical (unpaired) electrons. The van der Waals surface area contributed by atoms with Crippen molar-refractivity contribution in [3.63, 3.8) is 0 Å². The van der Waals surface area contributed by atoms with Gasteiger partial charge in [0.2, 0.25) is 5.89 Å². The molecule has 0 amide bonds. The van der Waals surface area contributed by atoms with Crippen molar-refractivity contribution < 1.29 is 8.63 Å². The van der Waals surface area contributed by atoms with Gasteiger partial charge in [-0.2, -0.15) is 0 Å². The van der Waals surface area contributed by atoms with Gasteiger partial charge in [-0.3, -0.25) is 4.21 Å². The summed E-state index contributed by atoms with van der Waals surface area (Å²) in [5.74, 6) is 1.85. The number of aliphatic imine (C=N–C) groups is 1. The van der Waals surface area contributed by atoms with Gasteiger partial charge in [-0.15, -0.1) is 24.0 Å². The molecule has 1 heterocycles. The fraction of sp³-hybridized carbons (Fsp3) is 0.474. The Morgan fingerprint density at radius 3 is 2.56 bits per heavy atom. The van der Waals surface area contributed by atoms with Crippen LogP contribution in [-0.2, 0) is 17.3 Å². The highest BCUT2D eigenvalue weighted by molar-refractivity contribution is 14.0. The maximum Gasteiger partial charge on any atom is 0.226 e. The van der Waals surface area contributed by atoms with Crippen molar-refractivity contribution in [1.82, 2.24) is 15.6 Å². The van der Waals surface area contributed by atoms with Crippen LogP contribution in [0.25, 0.3) is 11.5 Å². The lowest BCUT2D eigenvalue weighted by atomic mass is 10.2. The summed E-state index contributed by atoms with van der Waals surface area (Å²) in [7, 11) is -0.888. The number of halogens is 1. The minimum atomic E-state index is -0.888. The lowest BCUT2D eigenvalue weighted by molar-refractivity contribution is 0.572. The van der Waals surface area contributed by atoms with E-state index < -0.39 is 10.8 Å². The third-order valence-corrected chi connectivity index (χ3v) is 5.52. The summed E-state index contributed by atoms with van der Waals surface area (Å²) in [5, 5.41) is 6.41. The maximum absolute atomic E-state index is 12.1. The third-order valence-electron chi connectivity index (χ3n) is 3.58. The lowest BCUT2D eigenvalue weighted by Crippen LogP contribution is -2.40. The second kappa shape index (κ2) is 11.4. The van der Waals surface area contributed by atoms with Gasteiger partial charge in [-0.1, -0.05) is 18.2 Å². The standard InChI is InChI=1S/C19H28N4O2S.HI/c1-5-20-18(21-11-12-26(24)19(2,3)4)22-13-16-14-25-17(23-16)15-9-7-6-8-10-15;/h6-10,14H,5,11-13H2,1-4H3,(H2,20,21,22);1H. The maximum atomic E-state index is 12.1. The highest BCUT2D eigenvalue weighted by atomic mass is 127.